The molecule has 3 N–H and O–H groups in total. The van der Waals surface area contributed by atoms with Crippen LogP contribution >= 0.6 is 11.3 Å². The van der Waals surface area contributed by atoms with Crippen LogP contribution in [0.2, 0.25) is 0 Å². The molecule has 0 saturated carbocycles. The Hall–Kier alpha value is -1.80. The second kappa shape index (κ2) is 8.26. The smallest absolute Gasteiger partial charge is 0.247 e. The van der Waals surface area contributed by atoms with Crippen molar-refractivity contribution in [2.75, 3.05) is 18.4 Å². The number of aromatic nitrogens is 1. The molecule has 0 aliphatic carbocycles. The van der Waals surface area contributed by atoms with Crippen LogP contribution in [0.25, 0.3) is 0 Å². The lowest BCUT2D eigenvalue weighted by atomic mass is 10.1. The number of aryl methyl sites for hydroxylation is 1. The van der Waals surface area contributed by atoms with Gasteiger partial charge in [-0.3, -0.25) is 9.69 Å². The fourth-order valence-corrected chi connectivity index (χ4v) is 3.89. The van der Waals surface area contributed by atoms with Crippen molar-refractivity contribution in [1.29, 1.82) is 0 Å². The summed E-state index contributed by atoms with van der Waals surface area (Å²) in [7, 11) is 0. The SMILES string of the molecule is Cc1ccc(C(N)C(=O)Nc2nc(CN3CC(C)OC(C)C3)cs2)cc1. The van der Waals surface area contributed by atoms with E-state index in [1.54, 1.807) is 0 Å². The van der Waals surface area contributed by atoms with Gasteiger partial charge in [0.2, 0.25) is 5.91 Å². The highest BCUT2D eigenvalue weighted by Crippen LogP contribution is 2.21. The third-order valence-corrected chi connectivity index (χ3v) is 5.19. The van der Waals surface area contributed by atoms with Crippen LogP contribution in [0.4, 0.5) is 5.13 Å². The van der Waals surface area contributed by atoms with Gasteiger partial charge in [-0.05, 0) is 26.3 Å². The molecular weight excluding hydrogens is 348 g/mol. The minimum atomic E-state index is -0.705. The summed E-state index contributed by atoms with van der Waals surface area (Å²) >= 11 is 1.43. The molecule has 1 fully saturated rings. The Bertz CT molecular complexity index is 736. The van der Waals surface area contributed by atoms with E-state index in [-0.39, 0.29) is 18.1 Å². The number of benzene rings is 1. The largest absolute Gasteiger partial charge is 0.373 e. The summed E-state index contributed by atoms with van der Waals surface area (Å²) in [5.74, 6) is -0.247. The van der Waals surface area contributed by atoms with Gasteiger partial charge in [0.05, 0.1) is 17.9 Å². The zero-order chi connectivity index (χ0) is 18.7. The molecule has 1 saturated heterocycles. The van der Waals surface area contributed by atoms with E-state index in [2.05, 4.69) is 29.0 Å². The van der Waals surface area contributed by atoms with Crippen LogP contribution in [0.5, 0.6) is 0 Å². The summed E-state index contributed by atoms with van der Waals surface area (Å²) in [6, 6.07) is 6.97. The fraction of sp³-hybridized carbons (Fsp3) is 0.474. The molecule has 0 bridgehead atoms. The van der Waals surface area contributed by atoms with Crippen LogP contribution in [0.3, 0.4) is 0 Å². The predicted molar refractivity (Wildman–Crippen MR) is 104 cm³/mol. The average Bonchev–Trinajstić information content (AvgIpc) is 3.00. The van der Waals surface area contributed by atoms with Crippen molar-refractivity contribution >= 4 is 22.4 Å². The molecule has 1 aliphatic rings. The number of anilines is 1. The molecule has 140 valence electrons. The Morgan fingerprint density at radius 1 is 1.35 bits per heavy atom. The monoisotopic (exact) mass is 374 g/mol. The first kappa shape index (κ1) is 19.0. The number of carbonyl (C=O) groups excluding carboxylic acids is 1. The van der Waals surface area contributed by atoms with E-state index in [1.807, 2.05) is 36.6 Å². The molecule has 3 atom stereocenters. The van der Waals surface area contributed by atoms with Crippen molar-refractivity contribution in [2.45, 2.75) is 45.6 Å². The maximum absolute atomic E-state index is 12.4. The Kier molecular flexibility index (Phi) is 6.03. The molecule has 1 aromatic carbocycles. The summed E-state index contributed by atoms with van der Waals surface area (Å²) in [4.78, 5) is 19.3. The highest BCUT2D eigenvalue weighted by atomic mass is 32.1. The lowest BCUT2D eigenvalue weighted by molar-refractivity contribution is -0.117. The van der Waals surface area contributed by atoms with E-state index in [0.29, 0.717) is 5.13 Å². The molecular formula is C19H26N4O2S. The predicted octanol–water partition coefficient (Wildman–Crippen LogP) is 2.70. The number of hydrogen-bond acceptors (Lipinski definition) is 6. The minimum absolute atomic E-state index is 0.226. The van der Waals surface area contributed by atoms with Gasteiger partial charge in [0.1, 0.15) is 6.04 Å². The van der Waals surface area contributed by atoms with Crippen molar-refractivity contribution in [1.82, 2.24) is 9.88 Å². The molecule has 26 heavy (non-hydrogen) atoms. The van der Waals surface area contributed by atoms with Gasteiger partial charge in [0.15, 0.2) is 5.13 Å². The molecule has 1 amide bonds. The number of rotatable bonds is 5. The molecule has 3 unspecified atom stereocenters. The van der Waals surface area contributed by atoms with Gasteiger partial charge in [-0.15, -0.1) is 11.3 Å². The summed E-state index contributed by atoms with van der Waals surface area (Å²) in [5.41, 5.74) is 8.95. The zero-order valence-electron chi connectivity index (χ0n) is 15.4. The fourth-order valence-electron chi connectivity index (χ4n) is 3.19. The van der Waals surface area contributed by atoms with Gasteiger partial charge in [-0.2, -0.15) is 0 Å². The molecule has 3 rings (SSSR count). The van der Waals surface area contributed by atoms with E-state index in [0.717, 1.165) is 36.5 Å². The standard InChI is InChI=1S/C19H26N4O2S/c1-12-4-6-15(7-5-12)17(20)18(24)22-19-21-16(11-26-19)10-23-8-13(2)25-14(3)9-23/h4-7,11,13-14,17H,8-10,20H2,1-3H3,(H,21,22,24). The second-order valence-corrected chi connectivity index (χ2v) is 7.83. The highest BCUT2D eigenvalue weighted by Gasteiger charge is 2.23. The number of morpholine rings is 1. The number of nitrogens with zero attached hydrogens (tertiary/aromatic N) is 2. The van der Waals surface area contributed by atoms with Gasteiger partial charge in [0.25, 0.3) is 0 Å². The van der Waals surface area contributed by atoms with Crippen LogP contribution in [0.1, 0.15) is 36.7 Å². The molecule has 7 heteroatoms. The lowest BCUT2D eigenvalue weighted by Crippen LogP contribution is -2.44. The Morgan fingerprint density at radius 3 is 2.65 bits per heavy atom. The first-order valence-electron chi connectivity index (χ1n) is 8.86. The summed E-state index contributed by atoms with van der Waals surface area (Å²) in [5, 5.41) is 5.40. The van der Waals surface area contributed by atoms with Crippen LogP contribution in [-0.2, 0) is 16.1 Å². The zero-order valence-corrected chi connectivity index (χ0v) is 16.3. The molecule has 1 aliphatic heterocycles. The van der Waals surface area contributed by atoms with Crippen molar-refractivity contribution < 1.29 is 9.53 Å². The van der Waals surface area contributed by atoms with Gasteiger partial charge in [-0.1, -0.05) is 29.8 Å². The summed E-state index contributed by atoms with van der Waals surface area (Å²) in [6.45, 7) is 8.71. The average molecular weight is 375 g/mol. The highest BCUT2D eigenvalue weighted by molar-refractivity contribution is 7.13. The number of ether oxygens (including phenoxy) is 1. The van der Waals surface area contributed by atoms with Crippen molar-refractivity contribution in [3.8, 4) is 0 Å². The third kappa shape index (κ3) is 4.88. The van der Waals surface area contributed by atoms with Gasteiger partial charge < -0.3 is 15.8 Å². The minimum Gasteiger partial charge on any atom is -0.373 e. The number of nitrogens with one attached hydrogen (secondary N) is 1. The number of amides is 1. The quantitative estimate of drug-likeness (QED) is 0.841. The Labute approximate surface area is 158 Å². The molecule has 6 nitrogen and oxygen atoms in total. The van der Waals surface area contributed by atoms with Gasteiger partial charge in [-0.25, -0.2) is 4.98 Å². The topological polar surface area (TPSA) is 80.5 Å². The maximum Gasteiger partial charge on any atom is 0.247 e. The van der Waals surface area contributed by atoms with Crippen LogP contribution in [0.15, 0.2) is 29.6 Å². The van der Waals surface area contributed by atoms with E-state index in [9.17, 15) is 4.79 Å². The molecule has 2 heterocycles. The number of nitrogens with two attached hydrogens (primary N) is 1. The van der Waals surface area contributed by atoms with E-state index < -0.39 is 6.04 Å². The van der Waals surface area contributed by atoms with Crippen LogP contribution in [0, 0.1) is 6.92 Å². The van der Waals surface area contributed by atoms with Crippen molar-refractivity contribution in [3.05, 3.63) is 46.5 Å². The molecule has 1 aromatic heterocycles. The number of carbonyl (C=O) groups is 1. The maximum atomic E-state index is 12.4. The van der Waals surface area contributed by atoms with Crippen LogP contribution < -0.4 is 11.1 Å². The Morgan fingerprint density at radius 2 is 2.00 bits per heavy atom. The number of thiazole rings is 1. The Balaban J connectivity index is 1.57. The lowest BCUT2D eigenvalue weighted by Gasteiger charge is -2.34. The molecule has 2 aromatic rings. The van der Waals surface area contributed by atoms with Gasteiger partial charge >= 0.3 is 0 Å². The van der Waals surface area contributed by atoms with Crippen LogP contribution in [-0.4, -0.2) is 41.1 Å². The van der Waals surface area contributed by atoms with Crippen molar-refractivity contribution in [3.63, 3.8) is 0 Å². The van der Waals surface area contributed by atoms with Crippen molar-refractivity contribution in [2.24, 2.45) is 5.73 Å². The van der Waals surface area contributed by atoms with Gasteiger partial charge in [0, 0.05) is 25.0 Å². The summed E-state index contributed by atoms with van der Waals surface area (Å²) in [6.07, 6.45) is 0.452. The summed E-state index contributed by atoms with van der Waals surface area (Å²) < 4.78 is 5.76. The molecule has 0 spiro atoms. The van der Waals surface area contributed by atoms with E-state index >= 15 is 0 Å². The molecule has 0 radical (unpaired) electrons. The first-order chi connectivity index (χ1) is 12.4. The number of hydrogen-bond donors (Lipinski definition) is 2. The second-order valence-electron chi connectivity index (χ2n) is 6.97. The van der Waals surface area contributed by atoms with E-state index in [1.165, 1.54) is 11.3 Å². The normalized spacial score (nSPS) is 22.2. The van der Waals surface area contributed by atoms with E-state index in [4.69, 9.17) is 10.5 Å². The first-order valence-corrected chi connectivity index (χ1v) is 9.74. The third-order valence-electron chi connectivity index (χ3n) is 4.38.